The Hall–Kier alpha value is -1.98. The van der Waals surface area contributed by atoms with Gasteiger partial charge in [-0.15, -0.1) is 0 Å². The molecule has 0 unspecified atom stereocenters. The first kappa shape index (κ1) is 15.4. The molecule has 114 valence electrons. The van der Waals surface area contributed by atoms with Crippen LogP contribution in [-0.2, 0) is 16.1 Å². The molecule has 6 heteroatoms. The van der Waals surface area contributed by atoms with Gasteiger partial charge >= 0.3 is 0 Å². The molecule has 1 N–H and O–H groups in total. The van der Waals surface area contributed by atoms with Gasteiger partial charge in [-0.1, -0.05) is 13.8 Å². The summed E-state index contributed by atoms with van der Waals surface area (Å²) in [6.07, 6.45) is 0.949. The molecule has 2 amide bonds. The molecular formula is C15H18F2N2O2. The number of benzene rings is 1. The topological polar surface area (TPSA) is 49.4 Å². The van der Waals surface area contributed by atoms with Gasteiger partial charge in [-0.05, 0) is 30.5 Å². The smallest absolute Gasteiger partial charge is 0.249 e. The van der Waals surface area contributed by atoms with Crippen molar-refractivity contribution in [1.82, 2.24) is 10.2 Å². The Balaban J connectivity index is 2.26. The highest BCUT2D eigenvalue weighted by Gasteiger charge is 2.43. The molecule has 1 fully saturated rings. The molecule has 0 aromatic heterocycles. The normalized spacial score (nSPS) is 17.8. The van der Waals surface area contributed by atoms with Crippen molar-refractivity contribution in [1.29, 1.82) is 0 Å². The van der Waals surface area contributed by atoms with Crippen LogP contribution in [0.3, 0.4) is 0 Å². The quantitative estimate of drug-likeness (QED) is 0.923. The average Bonchev–Trinajstić information content (AvgIpc) is 2.41. The number of amides is 2. The summed E-state index contributed by atoms with van der Waals surface area (Å²) in [7, 11) is 0. The van der Waals surface area contributed by atoms with E-state index in [0.29, 0.717) is 18.4 Å². The fourth-order valence-electron chi connectivity index (χ4n) is 2.69. The average molecular weight is 296 g/mol. The van der Waals surface area contributed by atoms with Crippen LogP contribution in [0.2, 0.25) is 0 Å². The van der Waals surface area contributed by atoms with E-state index in [4.69, 9.17) is 0 Å². The summed E-state index contributed by atoms with van der Waals surface area (Å²) in [5.41, 5.74) is -0.585. The lowest BCUT2D eigenvalue weighted by molar-refractivity contribution is -0.151. The Morgan fingerprint density at radius 3 is 2.24 bits per heavy atom. The Bertz CT molecular complexity index is 551. The minimum atomic E-state index is -0.915. The van der Waals surface area contributed by atoms with E-state index >= 15 is 0 Å². The summed E-state index contributed by atoms with van der Waals surface area (Å²) in [6.45, 7) is 3.57. The summed E-state index contributed by atoms with van der Waals surface area (Å²) >= 11 is 0. The van der Waals surface area contributed by atoms with Crippen LogP contribution in [-0.4, -0.2) is 28.8 Å². The van der Waals surface area contributed by atoms with Gasteiger partial charge in [-0.3, -0.25) is 9.59 Å². The molecule has 0 spiro atoms. The minimum absolute atomic E-state index is 0.0166. The van der Waals surface area contributed by atoms with Gasteiger partial charge < -0.3 is 10.2 Å². The van der Waals surface area contributed by atoms with Crippen molar-refractivity contribution in [2.45, 2.75) is 38.8 Å². The molecule has 2 rings (SSSR count). The highest BCUT2D eigenvalue weighted by molar-refractivity contribution is 5.97. The van der Waals surface area contributed by atoms with Crippen LogP contribution < -0.4 is 5.32 Å². The van der Waals surface area contributed by atoms with Crippen molar-refractivity contribution in [3.63, 3.8) is 0 Å². The zero-order chi connectivity index (χ0) is 15.6. The van der Waals surface area contributed by atoms with Gasteiger partial charge in [0.2, 0.25) is 11.8 Å². The van der Waals surface area contributed by atoms with Gasteiger partial charge in [-0.2, -0.15) is 0 Å². The molecule has 0 saturated carbocycles. The van der Waals surface area contributed by atoms with E-state index in [1.54, 1.807) is 0 Å². The van der Waals surface area contributed by atoms with Crippen molar-refractivity contribution in [3.05, 3.63) is 35.4 Å². The Labute approximate surface area is 122 Å². The summed E-state index contributed by atoms with van der Waals surface area (Å²) in [5.74, 6) is -1.86. The molecule has 1 aromatic carbocycles. The largest absolute Gasteiger partial charge is 0.340 e. The van der Waals surface area contributed by atoms with E-state index < -0.39 is 17.2 Å². The van der Waals surface area contributed by atoms with Crippen molar-refractivity contribution in [3.8, 4) is 0 Å². The number of hydrogen-bond acceptors (Lipinski definition) is 2. The number of piperazine rings is 1. The molecule has 1 saturated heterocycles. The van der Waals surface area contributed by atoms with E-state index in [9.17, 15) is 18.4 Å². The summed E-state index contributed by atoms with van der Waals surface area (Å²) in [6, 6.07) is 3.11. The molecule has 0 bridgehead atoms. The number of rotatable bonds is 4. The van der Waals surface area contributed by atoms with E-state index in [0.717, 1.165) is 6.07 Å². The second-order valence-electron chi connectivity index (χ2n) is 5.28. The molecule has 21 heavy (non-hydrogen) atoms. The van der Waals surface area contributed by atoms with Crippen LogP contribution in [0.5, 0.6) is 0 Å². The van der Waals surface area contributed by atoms with E-state index in [1.807, 2.05) is 13.8 Å². The number of nitrogens with zero attached hydrogens (tertiary/aromatic N) is 1. The van der Waals surface area contributed by atoms with Gasteiger partial charge in [0, 0.05) is 12.6 Å². The third-order valence-electron chi connectivity index (χ3n) is 3.91. The maximum absolute atomic E-state index is 13.2. The van der Waals surface area contributed by atoms with Crippen LogP contribution in [0.25, 0.3) is 0 Å². The summed E-state index contributed by atoms with van der Waals surface area (Å²) in [4.78, 5) is 25.7. The number of carbonyl (C=O) groups is 2. The van der Waals surface area contributed by atoms with Gasteiger partial charge in [-0.25, -0.2) is 8.78 Å². The molecule has 1 heterocycles. The van der Waals surface area contributed by atoms with Gasteiger partial charge in [0.1, 0.15) is 17.2 Å². The Morgan fingerprint density at radius 2 is 1.71 bits per heavy atom. The lowest BCUT2D eigenvalue weighted by Crippen LogP contribution is -2.65. The van der Waals surface area contributed by atoms with Gasteiger partial charge in [0.05, 0.1) is 6.54 Å². The van der Waals surface area contributed by atoms with Crippen LogP contribution >= 0.6 is 0 Å². The van der Waals surface area contributed by atoms with Crippen molar-refractivity contribution in [2.75, 3.05) is 6.54 Å². The number of halogens is 2. The fourth-order valence-corrected chi connectivity index (χ4v) is 2.69. The molecular weight excluding hydrogens is 278 g/mol. The molecule has 1 aliphatic heterocycles. The Morgan fingerprint density at radius 1 is 1.14 bits per heavy atom. The van der Waals surface area contributed by atoms with E-state index in [-0.39, 0.29) is 24.9 Å². The Kier molecular flexibility index (Phi) is 4.25. The second kappa shape index (κ2) is 5.79. The number of nitrogens with one attached hydrogen (secondary N) is 1. The monoisotopic (exact) mass is 296 g/mol. The zero-order valence-corrected chi connectivity index (χ0v) is 12.1. The maximum Gasteiger partial charge on any atom is 0.249 e. The predicted octanol–water partition coefficient (Wildman–Crippen LogP) is 1.98. The van der Waals surface area contributed by atoms with Crippen LogP contribution in [0.15, 0.2) is 18.2 Å². The number of hydrogen-bond donors (Lipinski definition) is 1. The van der Waals surface area contributed by atoms with Crippen LogP contribution in [0, 0.1) is 11.6 Å². The highest BCUT2D eigenvalue weighted by atomic mass is 19.1. The highest BCUT2D eigenvalue weighted by Crippen LogP contribution is 2.23. The third-order valence-corrected chi connectivity index (χ3v) is 3.91. The van der Waals surface area contributed by atoms with Crippen LogP contribution in [0.4, 0.5) is 8.78 Å². The van der Waals surface area contributed by atoms with Crippen molar-refractivity contribution in [2.24, 2.45) is 0 Å². The van der Waals surface area contributed by atoms with E-state index in [2.05, 4.69) is 5.32 Å². The number of carbonyl (C=O) groups excluding carboxylic acids is 2. The van der Waals surface area contributed by atoms with Gasteiger partial charge in [0.25, 0.3) is 0 Å². The lowest BCUT2D eigenvalue weighted by atomic mass is 9.88. The van der Waals surface area contributed by atoms with Crippen molar-refractivity contribution < 1.29 is 18.4 Å². The first-order chi connectivity index (χ1) is 9.90. The van der Waals surface area contributed by atoms with Gasteiger partial charge in [0.15, 0.2) is 0 Å². The molecule has 1 aromatic rings. The van der Waals surface area contributed by atoms with E-state index in [1.165, 1.54) is 17.0 Å². The van der Waals surface area contributed by atoms with Crippen molar-refractivity contribution >= 4 is 11.8 Å². The summed E-state index contributed by atoms with van der Waals surface area (Å²) in [5, 5.41) is 2.74. The molecule has 1 aliphatic rings. The fraction of sp³-hybridized carbons (Fsp3) is 0.467. The minimum Gasteiger partial charge on any atom is -0.340 e. The van der Waals surface area contributed by atoms with Crippen LogP contribution in [0.1, 0.15) is 32.3 Å². The molecule has 0 aliphatic carbocycles. The predicted molar refractivity (Wildman–Crippen MR) is 73.2 cm³/mol. The first-order valence-electron chi connectivity index (χ1n) is 6.95. The standard InChI is InChI=1S/C15H18F2N2O2/c1-3-15(4-2)14(21)19(9-13(20)18-15)8-10-5-11(16)7-12(17)6-10/h5-7H,3-4,8-9H2,1-2H3,(H,18,20). The summed E-state index contributed by atoms with van der Waals surface area (Å²) < 4.78 is 26.4. The molecule has 4 nitrogen and oxygen atoms in total. The second-order valence-corrected chi connectivity index (χ2v) is 5.28. The zero-order valence-electron chi connectivity index (χ0n) is 12.1. The third kappa shape index (κ3) is 3.04. The lowest BCUT2D eigenvalue weighted by Gasteiger charge is -2.41. The molecule has 0 radical (unpaired) electrons. The molecule has 0 atom stereocenters. The SMILES string of the molecule is CCC1(CC)NC(=O)CN(Cc2cc(F)cc(F)c2)C1=O. The maximum atomic E-state index is 13.2. The first-order valence-corrected chi connectivity index (χ1v) is 6.95.